The van der Waals surface area contributed by atoms with Crippen molar-refractivity contribution in [1.82, 2.24) is 14.8 Å². The smallest absolute Gasteiger partial charge is 0.274 e. The second-order valence-electron chi connectivity index (χ2n) is 8.37. The molecule has 1 atom stereocenters. The summed E-state index contributed by atoms with van der Waals surface area (Å²) in [7, 11) is 0. The Morgan fingerprint density at radius 3 is 2.49 bits per heavy atom. The van der Waals surface area contributed by atoms with E-state index in [2.05, 4.69) is 5.32 Å². The molecular formula is C24H17F4N3O4. The molecule has 3 aromatic rings. The number of nitrogens with zero attached hydrogens (tertiary/aromatic N) is 2. The highest BCUT2D eigenvalue weighted by Crippen LogP contribution is 2.35. The molecule has 1 aromatic heterocycles. The molecular weight excluding hydrogens is 470 g/mol. The maximum absolute atomic E-state index is 14.1. The minimum absolute atomic E-state index is 0.123. The number of halogens is 4. The summed E-state index contributed by atoms with van der Waals surface area (Å²) in [6.45, 7) is -0.292. The molecule has 35 heavy (non-hydrogen) atoms. The van der Waals surface area contributed by atoms with Gasteiger partial charge in [0, 0.05) is 43.5 Å². The summed E-state index contributed by atoms with van der Waals surface area (Å²) in [4.78, 5) is 40.0. The molecule has 0 aliphatic carbocycles. The van der Waals surface area contributed by atoms with Crippen molar-refractivity contribution in [2.24, 2.45) is 0 Å². The molecule has 0 saturated heterocycles. The zero-order valence-electron chi connectivity index (χ0n) is 17.9. The molecule has 2 aliphatic rings. The van der Waals surface area contributed by atoms with Crippen LogP contribution in [0.1, 0.15) is 43.6 Å². The summed E-state index contributed by atoms with van der Waals surface area (Å²) in [5.41, 5.74) is -1.40. The van der Waals surface area contributed by atoms with Gasteiger partial charge in [0.25, 0.3) is 11.8 Å². The normalized spacial score (nSPS) is 16.4. The Morgan fingerprint density at radius 2 is 1.77 bits per heavy atom. The lowest BCUT2D eigenvalue weighted by molar-refractivity contribution is 0.0686. The highest BCUT2D eigenvalue weighted by molar-refractivity contribution is 5.99. The van der Waals surface area contributed by atoms with Crippen LogP contribution in [0.3, 0.4) is 0 Å². The molecule has 0 fully saturated rings. The van der Waals surface area contributed by atoms with Crippen molar-refractivity contribution in [2.45, 2.75) is 19.0 Å². The molecule has 0 saturated carbocycles. The molecule has 2 aliphatic heterocycles. The van der Waals surface area contributed by atoms with E-state index in [1.807, 2.05) is 0 Å². The van der Waals surface area contributed by atoms with Gasteiger partial charge in [-0.1, -0.05) is 6.07 Å². The molecule has 7 nitrogen and oxygen atoms in total. The zero-order valence-corrected chi connectivity index (χ0v) is 17.9. The van der Waals surface area contributed by atoms with Gasteiger partial charge in [-0.2, -0.15) is 0 Å². The molecule has 2 N–H and O–H groups in total. The van der Waals surface area contributed by atoms with E-state index in [-0.39, 0.29) is 12.2 Å². The average molecular weight is 487 g/mol. The molecule has 0 radical (unpaired) electrons. The summed E-state index contributed by atoms with van der Waals surface area (Å²) >= 11 is 0. The van der Waals surface area contributed by atoms with Crippen LogP contribution < -0.4 is 10.7 Å². The Labute approximate surface area is 195 Å². The van der Waals surface area contributed by atoms with Crippen molar-refractivity contribution < 1.29 is 32.3 Å². The SMILES string of the molecule is O=C(NCc1c(F)cc(F)cc1F)c1cn2c(c(O)c1=O)C(=O)N1CCc3ccc(F)cc3[C@H]2C1. The van der Waals surface area contributed by atoms with Crippen molar-refractivity contribution in [3.8, 4) is 5.75 Å². The van der Waals surface area contributed by atoms with E-state index in [0.29, 0.717) is 30.7 Å². The van der Waals surface area contributed by atoms with Crippen LogP contribution in [0.2, 0.25) is 0 Å². The largest absolute Gasteiger partial charge is 0.503 e. The van der Waals surface area contributed by atoms with Gasteiger partial charge in [0.05, 0.1) is 6.04 Å². The summed E-state index contributed by atoms with van der Waals surface area (Å²) < 4.78 is 56.3. The molecule has 0 spiro atoms. The standard InChI is InChI=1S/C24H17F4N3O4/c25-12-2-1-11-3-4-30-10-19(14(11)5-12)31-9-16(21(32)22(33)20(31)24(30)35)23(34)29-8-15-17(27)6-13(26)7-18(15)28/h1-2,5-7,9,19,33H,3-4,8,10H2,(H,29,34)/t19-/m1/s1. The van der Waals surface area contributed by atoms with Gasteiger partial charge in [-0.15, -0.1) is 0 Å². The monoisotopic (exact) mass is 487 g/mol. The fraction of sp³-hybridized carbons (Fsp3) is 0.208. The predicted molar refractivity (Wildman–Crippen MR) is 114 cm³/mol. The van der Waals surface area contributed by atoms with Gasteiger partial charge in [-0.3, -0.25) is 14.4 Å². The number of fused-ring (bicyclic) bond motifs is 6. The molecule has 2 amide bonds. The predicted octanol–water partition coefficient (Wildman–Crippen LogP) is 2.64. The number of aromatic hydroxyl groups is 1. The number of nitrogens with one attached hydrogen (secondary N) is 1. The third-order valence-corrected chi connectivity index (χ3v) is 6.32. The van der Waals surface area contributed by atoms with Gasteiger partial charge >= 0.3 is 0 Å². The lowest BCUT2D eigenvalue weighted by Gasteiger charge is -2.35. The molecule has 2 aromatic carbocycles. The molecule has 0 unspecified atom stereocenters. The van der Waals surface area contributed by atoms with Gasteiger partial charge in [0.15, 0.2) is 11.4 Å². The van der Waals surface area contributed by atoms with Crippen LogP contribution in [0.15, 0.2) is 41.3 Å². The Morgan fingerprint density at radius 1 is 1.06 bits per heavy atom. The summed E-state index contributed by atoms with van der Waals surface area (Å²) in [6, 6.07) is 4.40. The molecule has 180 valence electrons. The van der Waals surface area contributed by atoms with Gasteiger partial charge < -0.3 is 19.9 Å². The van der Waals surface area contributed by atoms with Crippen molar-refractivity contribution in [1.29, 1.82) is 0 Å². The quantitative estimate of drug-likeness (QED) is 0.556. The first-order chi connectivity index (χ1) is 16.7. The Bertz CT molecular complexity index is 1450. The van der Waals surface area contributed by atoms with E-state index in [0.717, 1.165) is 11.8 Å². The first kappa shape index (κ1) is 22.6. The summed E-state index contributed by atoms with van der Waals surface area (Å²) in [5, 5.41) is 12.8. The van der Waals surface area contributed by atoms with E-state index in [1.165, 1.54) is 21.6 Å². The molecule has 5 rings (SSSR count). The number of pyridine rings is 1. The van der Waals surface area contributed by atoms with E-state index < -0.39 is 70.0 Å². The van der Waals surface area contributed by atoms with E-state index >= 15 is 0 Å². The Kier molecular flexibility index (Phi) is 5.34. The second kappa shape index (κ2) is 8.26. The van der Waals surface area contributed by atoms with Crippen LogP contribution in [0.25, 0.3) is 0 Å². The number of hydrogen-bond acceptors (Lipinski definition) is 4. The van der Waals surface area contributed by atoms with Crippen molar-refractivity contribution in [3.05, 3.63) is 98.0 Å². The summed E-state index contributed by atoms with van der Waals surface area (Å²) in [6.07, 6.45) is 1.50. The van der Waals surface area contributed by atoms with Crippen LogP contribution in [-0.4, -0.2) is 39.5 Å². The maximum Gasteiger partial charge on any atom is 0.274 e. The maximum atomic E-state index is 14.1. The molecule has 2 bridgehead atoms. The number of amides is 2. The second-order valence-corrected chi connectivity index (χ2v) is 8.37. The van der Waals surface area contributed by atoms with Crippen LogP contribution in [0.5, 0.6) is 5.75 Å². The number of rotatable bonds is 3. The zero-order chi connectivity index (χ0) is 25.0. The fourth-order valence-electron chi connectivity index (χ4n) is 4.57. The van der Waals surface area contributed by atoms with E-state index in [9.17, 15) is 37.1 Å². The number of hydrogen-bond donors (Lipinski definition) is 2. The minimum Gasteiger partial charge on any atom is -0.503 e. The fourth-order valence-corrected chi connectivity index (χ4v) is 4.57. The van der Waals surface area contributed by atoms with Crippen LogP contribution >= 0.6 is 0 Å². The minimum atomic E-state index is -1.23. The van der Waals surface area contributed by atoms with Gasteiger partial charge in [0.2, 0.25) is 5.43 Å². The highest BCUT2D eigenvalue weighted by Gasteiger charge is 2.38. The van der Waals surface area contributed by atoms with Crippen LogP contribution in [-0.2, 0) is 13.0 Å². The number of carbonyl (C=O) groups is 2. The van der Waals surface area contributed by atoms with Crippen molar-refractivity contribution in [3.63, 3.8) is 0 Å². The van der Waals surface area contributed by atoms with Crippen LogP contribution in [0.4, 0.5) is 17.6 Å². The Balaban J connectivity index is 1.56. The average Bonchev–Trinajstić information content (AvgIpc) is 2.96. The van der Waals surface area contributed by atoms with E-state index in [4.69, 9.17) is 0 Å². The van der Waals surface area contributed by atoms with Crippen molar-refractivity contribution >= 4 is 11.8 Å². The van der Waals surface area contributed by atoms with Gasteiger partial charge in [0.1, 0.15) is 28.8 Å². The number of aromatic nitrogens is 1. The first-order valence-corrected chi connectivity index (χ1v) is 10.6. The van der Waals surface area contributed by atoms with Crippen LogP contribution in [0, 0.1) is 23.3 Å². The van der Waals surface area contributed by atoms with Gasteiger partial charge in [-0.05, 0) is 29.7 Å². The third kappa shape index (κ3) is 3.72. The topological polar surface area (TPSA) is 91.6 Å². The Hall–Kier alpha value is -4.15. The lowest BCUT2D eigenvalue weighted by atomic mass is 9.97. The van der Waals surface area contributed by atoms with Gasteiger partial charge in [-0.25, -0.2) is 17.6 Å². The molecule has 3 heterocycles. The van der Waals surface area contributed by atoms with E-state index in [1.54, 1.807) is 6.07 Å². The highest BCUT2D eigenvalue weighted by atomic mass is 19.1. The third-order valence-electron chi connectivity index (χ3n) is 6.32. The lowest BCUT2D eigenvalue weighted by Crippen LogP contribution is -2.45. The number of benzene rings is 2. The number of carbonyl (C=O) groups excluding carboxylic acids is 2. The van der Waals surface area contributed by atoms with Crippen molar-refractivity contribution in [2.75, 3.05) is 13.1 Å². The first-order valence-electron chi connectivity index (χ1n) is 10.6. The summed E-state index contributed by atoms with van der Waals surface area (Å²) in [5.74, 6) is -6.75. The molecule has 11 heteroatoms.